The molecule has 1 aliphatic rings. The van der Waals surface area contributed by atoms with Crippen LogP contribution in [-0.4, -0.2) is 44.5 Å². The minimum Gasteiger partial charge on any atom is -0.497 e. The number of ether oxygens (including phenoxy) is 3. The quantitative estimate of drug-likeness (QED) is 0.0575. The van der Waals surface area contributed by atoms with Gasteiger partial charge in [-0.15, -0.1) is 23.1 Å². The molecule has 3 N–H and O–H groups in total. The van der Waals surface area contributed by atoms with Gasteiger partial charge in [-0.25, -0.2) is 4.79 Å². The van der Waals surface area contributed by atoms with Crippen molar-refractivity contribution < 1.29 is 33.4 Å². The Bertz CT molecular complexity index is 2240. The smallest absolute Gasteiger partial charge is 0.341 e. The number of rotatable bonds is 14. The van der Waals surface area contributed by atoms with E-state index >= 15 is 0 Å². The predicted octanol–water partition coefficient (Wildman–Crippen LogP) is 9.48. The maximum atomic E-state index is 14.3. The van der Waals surface area contributed by atoms with Gasteiger partial charge >= 0.3 is 5.97 Å². The summed E-state index contributed by atoms with van der Waals surface area (Å²) in [5.74, 6) is -0.744. The third kappa shape index (κ3) is 10.5. The number of anilines is 2. The highest BCUT2D eigenvalue weighted by molar-refractivity contribution is 8.00. The summed E-state index contributed by atoms with van der Waals surface area (Å²) in [7, 11) is 3.05. The fourth-order valence-electron chi connectivity index (χ4n) is 6.54. The molecule has 4 aromatic carbocycles. The number of carbonyl (C=O) groups excluding carboxylic acids is 4. The molecule has 0 saturated carbocycles. The molecule has 0 fully saturated rings. The van der Waals surface area contributed by atoms with Crippen molar-refractivity contribution in [1.29, 1.82) is 0 Å². The van der Waals surface area contributed by atoms with Crippen LogP contribution in [0.2, 0.25) is 0 Å². The van der Waals surface area contributed by atoms with E-state index in [4.69, 9.17) is 14.2 Å². The molecule has 3 amide bonds. The SMILES string of the molecule is CCOC(=O)c1c(NC(=O)C(Sc2cccc(NC(=O)/C(=C\c3cc(OC)ccc3OC)NC(=O)c3ccccc3)c2)c2ccccc2)sc2c1CCCCCC2. The van der Waals surface area contributed by atoms with Crippen molar-refractivity contribution in [3.8, 4) is 11.5 Å². The van der Waals surface area contributed by atoms with Crippen molar-refractivity contribution in [2.45, 2.75) is 55.6 Å². The lowest BCUT2D eigenvalue weighted by Crippen LogP contribution is -2.30. The summed E-state index contributed by atoms with van der Waals surface area (Å²) in [6.07, 6.45) is 7.40. The minimum absolute atomic E-state index is 0.0301. The third-order valence-corrected chi connectivity index (χ3v) is 11.8. The Hall–Kier alpha value is -5.85. The lowest BCUT2D eigenvalue weighted by atomic mass is 9.96. The number of fused-ring (bicyclic) bond motifs is 1. The van der Waals surface area contributed by atoms with E-state index in [1.807, 2.05) is 36.4 Å². The Kier molecular flexibility index (Phi) is 14.2. The van der Waals surface area contributed by atoms with Crippen LogP contribution in [0.5, 0.6) is 11.5 Å². The monoisotopic (exact) mass is 803 g/mol. The van der Waals surface area contributed by atoms with Gasteiger partial charge in [-0.3, -0.25) is 14.4 Å². The highest BCUT2D eigenvalue weighted by atomic mass is 32.2. The molecule has 1 atom stereocenters. The molecule has 12 heteroatoms. The molecule has 294 valence electrons. The lowest BCUT2D eigenvalue weighted by Gasteiger charge is -2.18. The van der Waals surface area contributed by atoms with E-state index in [-0.39, 0.29) is 18.2 Å². The van der Waals surface area contributed by atoms with Crippen LogP contribution in [0.1, 0.15) is 80.1 Å². The second-order valence-corrected chi connectivity index (χ2v) is 15.5. The second-order valence-electron chi connectivity index (χ2n) is 13.2. The van der Waals surface area contributed by atoms with E-state index in [1.165, 1.54) is 43.4 Å². The van der Waals surface area contributed by atoms with Crippen LogP contribution in [0.25, 0.3) is 6.08 Å². The van der Waals surface area contributed by atoms with Gasteiger partial charge in [0.1, 0.15) is 27.4 Å². The van der Waals surface area contributed by atoms with Gasteiger partial charge in [-0.2, -0.15) is 0 Å². The first-order chi connectivity index (χ1) is 27.8. The van der Waals surface area contributed by atoms with Crippen molar-refractivity contribution in [1.82, 2.24) is 5.32 Å². The molecule has 0 radical (unpaired) electrons. The van der Waals surface area contributed by atoms with Gasteiger partial charge < -0.3 is 30.2 Å². The molecular formula is C45H45N3O7S2. The summed E-state index contributed by atoms with van der Waals surface area (Å²) >= 11 is 2.78. The van der Waals surface area contributed by atoms with Crippen molar-refractivity contribution in [2.24, 2.45) is 0 Å². The molecule has 0 saturated heterocycles. The predicted molar refractivity (Wildman–Crippen MR) is 226 cm³/mol. The molecule has 0 aliphatic heterocycles. The number of hydrogen-bond acceptors (Lipinski definition) is 9. The molecule has 10 nitrogen and oxygen atoms in total. The summed E-state index contributed by atoms with van der Waals surface area (Å²) in [5.41, 5.74) is 3.51. The zero-order chi connectivity index (χ0) is 40.1. The molecule has 0 spiro atoms. The van der Waals surface area contributed by atoms with Crippen molar-refractivity contribution in [3.05, 3.63) is 142 Å². The van der Waals surface area contributed by atoms with Gasteiger partial charge in [0.2, 0.25) is 5.91 Å². The first-order valence-electron chi connectivity index (χ1n) is 18.8. The number of thiophene rings is 1. The van der Waals surface area contributed by atoms with Crippen LogP contribution in [-0.2, 0) is 27.2 Å². The Morgan fingerprint density at radius 2 is 1.54 bits per heavy atom. The Morgan fingerprint density at radius 3 is 2.26 bits per heavy atom. The van der Waals surface area contributed by atoms with Crippen LogP contribution < -0.4 is 25.4 Å². The lowest BCUT2D eigenvalue weighted by molar-refractivity contribution is -0.116. The van der Waals surface area contributed by atoms with Gasteiger partial charge in [-0.05, 0) is 98.3 Å². The zero-order valence-electron chi connectivity index (χ0n) is 32.1. The molecule has 1 aliphatic carbocycles. The van der Waals surface area contributed by atoms with E-state index in [1.54, 1.807) is 73.7 Å². The number of amides is 3. The summed E-state index contributed by atoms with van der Waals surface area (Å²) < 4.78 is 16.4. The first kappa shape index (κ1) is 40.8. The highest BCUT2D eigenvalue weighted by Gasteiger charge is 2.29. The third-order valence-electron chi connectivity index (χ3n) is 9.34. The Labute approximate surface area is 341 Å². The number of thioether (sulfide) groups is 1. The van der Waals surface area contributed by atoms with Crippen LogP contribution in [0.3, 0.4) is 0 Å². The van der Waals surface area contributed by atoms with E-state index in [2.05, 4.69) is 16.0 Å². The van der Waals surface area contributed by atoms with Gasteiger partial charge in [0.25, 0.3) is 11.8 Å². The molecule has 5 aromatic rings. The first-order valence-corrected chi connectivity index (χ1v) is 20.5. The van der Waals surface area contributed by atoms with E-state index in [0.29, 0.717) is 43.8 Å². The summed E-state index contributed by atoms with van der Waals surface area (Å²) in [5, 5.41) is 8.61. The fraction of sp³-hybridized carbons (Fsp3) is 0.244. The Balaban J connectivity index is 1.28. The zero-order valence-corrected chi connectivity index (χ0v) is 33.7. The summed E-state index contributed by atoms with van der Waals surface area (Å²) in [6, 6.07) is 30.3. The van der Waals surface area contributed by atoms with Crippen LogP contribution in [0.15, 0.2) is 114 Å². The number of benzene rings is 4. The number of methoxy groups -OCH3 is 2. The summed E-state index contributed by atoms with van der Waals surface area (Å²) in [4.78, 5) is 56.8. The van der Waals surface area contributed by atoms with Crippen molar-refractivity contribution in [2.75, 3.05) is 31.5 Å². The van der Waals surface area contributed by atoms with Crippen LogP contribution >= 0.6 is 23.1 Å². The van der Waals surface area contributed by atoms with Gasteiger partial charge in [0, 0.05) is 26.6 Å². The number of esters is 1. The largest absolute Gasteiger partial charge is 0.497 e. The van der Waals surface area contributed by atoms with E-state index < -0.39 is 23.0 Å². The summed E-state index contributed by atoms with van der Waals surface area (Å²) in [6.45, 7) is 2.01. The number of carbonyl (C=O) groups is 4. The van der Waals surface area contributed by atoms with Crippen molar-refractivity contribution >= 4 is 63.6 Å². The molecule has 57 heavy (non-hydrogen) atoms. The minimum atomic E-state index is -0.710. The molecule has 1 heterocycles. The number of aryl methyl sites for hydroxylation is 1. The standard InChI is InChI=1S/C45H45N3O7S2/c1-4-55-45(52)39-35-22-13-5-6-14-23-38(35)57-44(39)48-43(51)40(29-16-9-7-10-17-29)56-34-21-15-20-32(28-34)46-42(50)36(47-41(49)30-18-11-8-12-19-30)27-31-26-33(53-2)24-25-37(31)54-3/h7-12,15-21,24-28,40H,4-6,13-14,22-23H2,1-3H3,(H,46,50)(H,47,49)(H,48,51)/b36-27+. The van der Waals surface area contributed by atoms with Crippen molar-refractivity contribution in [3.63, 3.8) is 0 Å². The van der Waals surface area contributed by atoms with E-state index in [9.17, 15) is 19.2 Å². The Morgan fingerprint density at radius 1 is 0.807 bits per heavy atom. The topological polar surface area (TPSA) is 132 Å². The number of hydrogen-bond donors (Lipinski definition) is 3. The van der Waals surface area contributed by atoms with Crippen LogP contribution in [0.4, 0.5) is 10.7 Å². The molecule has 1 unspecified atom stereocenters. The second kappa shape index (κ2) is 19.8. The fourth-order valence-corrected chi connectivity index (χ4v) is 8.90. The molecule has 1 aromatic heterocycles. The van der Waals surface area contributed by atoms with E-state index in [0.717, 1.165) is 54.5 Å². The molecule has 6 rings (SSSR count). The molecular weight excluding hydrogens is 759 g/mol. The average molecular weight is 804 g/mol. The number of nitrogens with one attached hydrogen (secondary N) is 3. The molecule has 0 bridgehead atoms. The van der Waals surface area contributed by atoms with Gasteiger partial charge in [0.15, 0.2) is 0 Å². The van der Waals surface area contributed by atoms with Crippen LogP contribution in [0, 0.1) is 0 Å². The van der Waals surface area contributed by atoms with Gasteiger partial charge in [0.05, 0.1) is 26.4 Å². The van der Waals surface area contributed by atoms with Gasteiger partial charge in [-0.1, -0.05) is 67.4 Å². The normalized spacial score (nSPS) is 13.2. The highest BCUT2D eigenvalue weighted by Crippen LogP contribution is 2.41. The maximum Gasteiger partial charge on any atom is 0.341 e. The average Bonchev–Trinajstić information content (AvgIpc) is 3.55. The maximum absolute atomic E-state index is 14.3.